The quantitative estimate of drug-likeness (QED) is 0.178. The summed E-state index contributed by atoms with van der Waals surface area (Å²) in [4.78, 5) is 14.7. The van der Waals surface area contributed by atoms with Crippen LogP contribution in [0.25, 0.3) is 28.0 Å². The second kappa shape index (κ2) is 13.1. The van der Waals surface area contributed by atoms with Gasteiger partial charge in [0.25, 0.3) is 0 Å². The van der Waals surface area contributed by atoms with Crippen LogP contribution >= 0.6 is 0 Å². The number of nitrogens with zero attached hydrogens (tertiary/aromatic N) is 1. The van der Waals surface area contributed by atoms with Gasteiger partial charge in [-0.2, -0.15) is 0 Å². The molecule has 0 spiro atoms. The van der Waals surface area contributed by atoms with Gasteiger partial charge in [0.2, 0.25) is 0 Å². The molecule has 1 unspecified atom stereocenters. The number of carbonyl (C=O) groups excluding carboxylic acids is 1. The summed E-state index contributed by atoms with van der Waals surface area (Å²) in [6.07, 6.45) is 10.9. The molecule has 5 aromatic rings. The molecule has 0 saturated carbocycles. The molecule has 0 aromatic heterocycles. The van der Waals surface area contributed by atoms with Crippen LogP contribution in [-0.4, -0.2) is 32.6 Å². The highest BCUT2D eigenvalue weighted by atomic mass is 16.5. The first-order valence-electron chi connectivity index (χ1n) is 18.7. The van der Waals surface area contributed by atoms with Gasteiger partial charge in [0.15, 0.2) is 5.60 Å². The number of fused-ring (bicyclic) bond motifs is 8. The molecule has 4 nitrogen and oxygen atoms in total. The van der Waals surface area contributed by atoms with Crippen molar-refractivity contribution in [2.24, 2.45) is 10.8 Å². The Morgan fingerprint density at radius 2 is 1.41 bits per heavy atom. The lowest BCUT2D eigenvalue weighted by molar-refractivity contribution is 0.112. The zero-order chi connectivity index (χ0) is 35.2. The number of rotatable bonds is 4. The third kappa shape index (κ3) is 6.29. The van der Waals surface area contributed by atoms with Gasteiger partial charge in [-0.1, -0.05) is 113 Å². The number of anilines is 1. The average Bonchev–Trinajstić information content (AvgIpc) is 3.17. The maximum atomic E-state index is 12.3. The number of hydrogen-bond acceptors (Lipinski definition) is 4. The summed E-state index contributed by atoms with van der Waals surface area (Å²) in [5.41, 5.74) is 9.92. The van der Waals surface area contributed by atoms with Gasteiger partial charge in [0.05, 0.1) is 13.2 Å². The van der Waals surface area contributed by atoms with E-state index in [0.29, 0.717) is 5.56 Å². The van der Waals surface area contributed by atoms with Crippen LogP contribution in [0.1, 0.15) is 85.1 Å². The third-order valence-electron chi connectivity index (χ3n) is 11.6. The van der Waals surface area contributed by atoms with E-state index in [1.165, 1.54) is 34.4 Å². The van der Waals surface area contributed by atoms with Crippen molar-refractivity contribution in [2.45, 2.75) is 65.4 Å². The Bertz CT molecular complexity index is 2100. The summed E-state index contributed by atoms with van der Waals surface area (Å²) in [6.45, 7) is 13.0. The van der Waals surface area contributed by atoms with E-state index in [1.807, 2.05) is 12.1 Å². The van der Waals surface area contributed by atoms with Crippen LogP contribution in [0.5, 0.6) is 5.75 Å². The molecule has 0 bridgehead atoms. The number of morpholine rings is 1. The van der Waals surface area contributed by atoms with Crippen molar-refractivity contribution in [3.63, 3.8) is 0 Å². The predicted octanol–water partition coefficient (Wildman–Crippen LogP) is 10.8. The van der Waals surface area contributed by atoms with Gasteiger partial charge in [-0.15, -0.1) is 0 Å². The van der Waals surface area contributed by atoms with Crippen LogP contribution < -0.4 is 9.64 Å². The third-order valence-corrected chi connectivity index (χ3v) is 11.6. The molecule has 8 rings (SSSR count). The van der Waals surface area contributed by atoms with Crippen molar-refractivity contribution in [2.75, 3.05) is 31.2 Å². The van der Waals surface area contributed by atoms with E-state index in [2.05, 4.69) is 130 Å². The van der Waals surface area contributed by atoms with Gasteiger partial charge in [0, 0.05) is 46.4 Å². The Morgan fingerprint density at radius 1 is 0.725 bits per heavy atom. The monoisotopic (exact) mass is 675 g/mol. The summed E-state index contributed by atoms with van der Waals surface area (Å²) in [7, 11) is 0. The molecule has 1 atom stereocenters. The Labute approximate surface area is 303 Å². The molecule has 0 radical (unpaired) electrons. The van der Waals surface area contributed by atoms with Gasteiger partial charge < -0.3 is 14.4 Å². The smallest absolute Gasteiger partial charge is 0.178 e. The van der Waals surface area contributed by atoms with Gasteiger partial charge in [-0.3, -0.25) is 4.79 Å². The van der Waals surface area contributed by atoms with E-state index in [9.17, 15) is 4.79 Å². The molecule has 51 heavy (non-hydrogen) atoms. The van der Waals surface area contributed by atoms with Crippen LogP contribution in [0.15, 0.2) is 103 Å². The molecule has 2 aliphatic heterocycles. The van der Waals surface area contributed by atoms with Gasteiger partial charge >= 0.3 is 0 Å². The topological polar surface area (TPSA) is 38.8 Å². The van der Waals surface area contributed by atoms with Crippen LogP contribution in [-0.2, 0) is 23.2 Å². The zero-order valence-corrected chi connectivity index (χ0v) is 30.5. The first-order valence-corrected chi connectivity index (χ1v) is 18.7. The fourth-order valence-corrected chi connectivity index (χ4v) is 9.16. The zero-order valence-electron chi connectivity index (χ0n) is 30.5. The molecular weight excluding hydrogens is 627 g/mol. The Kier molecular flexibility index (Phi) is 8.63. The normalized spacial score (nSPS) is 21.1. The Hall–Kier alpha value is -4.67. The molecular formula is C47H49NO3. The molecule has 2 heterocycles. The van der Waals surface area contributed by atoms with E-state index in [0.717, 1.165) is 91.5 Å². The molecule has 0 amide bonds. The molecule has 1 saturated heterocycles. The van der Waals surface area contributed by atoms with Crippen LogP contribution in [0.2, 0.25) is 0 Å². The highest BCUT2D eigenvalue weighted by Gasteiger charge is 2.40. The number of aryl methyl sites for hydroxylation is 1. The average molecular weight is 676 g/mol. The molecule has 5 aromatic carbocycles. The van der Waals surface area contributed by atoms with Crippen molar-refractivity contribution < 1.29 is 14.3 Å². The van der Waals surface area contributed by atoms with Crippen molar-refractivity contribution in [3.05, 3.63) is 137 Å². The molecule has 1 fully saturated rings. The number of carbonyl (C=O) groups is 1. The minimum absolute atomic E-state index is 0.162. The minimum atomic E-state index is -0.856. The maximum Gasteiger partial charge on any atom is 0.178 e. The predicted molar refractivity (Wildman–Crippen MR) is 210 cm³/mol. The van der Waals surface area contributed by atoms with Crippen molar-refractivity contribution in [3.8, 4) is 16.9 Å². The summed E-state index contributed by atoms with van der Waals surface area (Å²) >= 11 is 0. The summed E-state index contributed by atoms with van der Waals surface area (Å²) < 4.78 is 13.2. The molecule has 260 valence electrons. The van der Waals surface area contributed by atoms with E-state index in [4.69, 9.17) is 9.47 Å². The molecule has 4 heteroatoms. The Morgan fingerprint density at radius 3 is 2.16 bits per heavy atom. The largest absolute Gasteiger partial charge is 0.472 e. The number of hydrogen-bond donors (Lipinski definition) is 0. The number of aldehydes is 1. The minimum Gasteiger partial charge on any atom is -0.472 e. The van der Waals surface area contributed by atoms with E-state index >= 15 is 0 Å². The van der Waals surface area contributed by atoms with E-state index in [-0.39, 0.29) is 10.8 Å². The van der Waals surface area contributed by atoms with Crippen molar-refractivity contribution in [1.29, 1.82) is 0 Å². The van der Waals surface area contributed by atoms with Gasteiger partial charge in [-0.05, 0) is 94.8 Å². The van der Waals surface area contributed by atoms with E-state index < -0.39 is 5.60 Å². The van der Waals surface area contributed by atoms with E-state index in [1.54, 1.807) is 0 Å². The standard InChI is InChI=1S/C47H49NO3/c1-45(2)23-20-34-10-8-9-13-38(34)43-39-19-14-33(31-49)30-42(39)44-41(40(43)21-24-46(3,4)32-45)22-25-47(51-44,35-11-6-5-7-12-35)36-15-17-37(18-16-36)48-26-28-50-29-27-48/h5-19,22,25,30-31H,20-21,23-24,26-29,32H2,1-4H3. The number of ether oxygens (including phenoxy) is 2. The summed E-state index contributed by atoms with van der Waals surface area (Å²) in [5, 5.41) is 2.12. The SMILES string of the molecule is CC1(C)CCc2ccccc2-c2c(c3c(c4cc(C=O)ccc24)OC(c2ccccc2)(c2ccc(N4CCOCC4)cc2)C=C3)CCC(C)(C)C1. The van der Waals surface area contributed by atoms with Crippen LogP contribution in [0, 0.1) is 10.8 Å². The van der Waals surface area contributed by atoms with Crippen molar-refractivity contribution >= 4 is 28.8 Å². The lowest BCUT2D eigenvalue weighted by Gasteiger charge is -2.38. The first kappa shape index (κ1) is 33.5. The van der Waals surface area contributed by atoms with Gasteiger partial charge in [0.1, 0.15) is 12.0 Å². The Balaban J connectivity index is 1.37. The van der Waals surface area contributed by atoms with Gasteiger partial charge in [-0.25, -0.2) is 0 Å². The maximum absolute atomic E-state index is 12.3. The highest BCUT2D eigenvalue weighted by molar-refractivity contribution is 6.07. The second-order valence-corrected chi connectivity index (χ2v) is 16.4. The first-order chi connectivity index (χ1) is 24.7. The lowest BCUT2D eigenvalue weighted by Crippen LogP contribution is -2.37. The van der Waals surface area contributed by atoms with Crippen LogP contribution in [0.4, 0.5) is 5.69 Å². The summed E-state index contributed by atoms with van der Waals surface area (Å²) in [6, 6.07) is 34.6. The highest BCUT2D eigenvalue weighted by Crippen LogP contribution is 2.52. The lowest BCUT2D eigenvalue weighted by atomic mass is 9.70. The summed E-state index contributed by atoms with van der Waals surface area (Å²) in [5.74, 6) is 0.849. The van der Waals surface area contributed by atoms with Crippen LogP contribution in [0.3, 0.4) is 0 Å². The second-order valence-electron chi connectivity index (χ2n) is 16.4. The molecule has 0 N–H and O–H groups in total. The fraction of sp³-hybridized carbons (Fsp3) is 0.340. The molecule has 1 aliphatic carbocycles. The number of benzene rings is 5. The fourth-order valence-electron chi connectivity index (χ4n) is 9.16. The molecule has 3 aliphatic rings. The van der Waals surface area contributed by atoms with Crippen molar-refractivity contribution in [1.82, 2.24) is 0 Å².